The average molecular weight is 238 g/mol. The van der Waals surface area contributed by atoms with Crippen LogP contribution in [-0.2, 0) is 6.54 Å². The molecule has 0 amide bonds. The molecule has 0 aliphatic rings. The number of benzene rings is 1. The third-order valence-corrected chi connectivity index (χ3v) is 2.80. The van der Waals surface area contributed by atoms with Gasteiger partial charge in [0.05, 0.1) is 23.0 Å². The second kappa shape index (κ2) is 5.19. The number of nitrogens with two attached hydrogens (primary N) is 1. The summed E-state index contributed by atoms with van der Waals surface area (Å²) in [6.07, 6.45) is 3.59. The molecular formula is C14H14N4. The van der Waals surface area contributed by atoms with Crippen LogP contribution in [0.3, 0.4) is 0 Å². The van der Waals surface area contributed by atoms with Crippen LogP contribution in [0, 0.1) is 18.3 Å². The molecule has 4 heteroatoms. The molecule has 0 bridgehead atoms. The molecule has 2 aromatic rings. The zero-order valence-electron chi connectivity index (χ0n) is 10.1. The zero-order chi connectivity index (χ0) is 13.0. The smallest absolute Gasteiger partial charge is 0.0992 e. The van der Waals surface area contributed by atoms with E-state index in [4.69, 9.17) is 11.0 Å². The van der Waals surface area contributed by atoms with Crippen LogP contribution >= 0.6 is 0 Å². The van der Waals surface area contributed by atoms with Crippen molar-refractivity contribution in [3.8, 4) is 6.07 Å². The van der Waals surface area contributed by atoms with Crippen LogP contribution in [0.25, 0.3) is 0 Å². The first-order chi connectivity index (χ1) is 8.70. The van der Waals surface area contributed by atoms with Gasteiger partial charge in [-0.1, -0.05) is 0 Å². The third kappa shape index (κ3) is 2.58. The maximum absolute atomic E-state index is 8.85. The van der Waals surface area contributed by atoms with Gasteiger partial charge in [-0.3, -0.25) is 4.98 Å². The number of aromatic nitrogens is 1. The second-order valence-electron chi connectivity index (χ2n) is 4.07. The Balaban J connectivity index is 2.16. The Labute approximate surface area is 106 Å². The molecule has 1 aromatic heterocycles. The lowest BCUT2D eigenvalue weighted by Crippen LogP contribution is -2.04. The van der Waals surface area contributed by atoms with E-state index in [1.807, 2.05) is 19.2 Å². The molecule has 0 aliphatic heterocycles. The molecule has 0 saturated heterocycles. The molecule has 0 spiro atoms. The summed E-state index contributed by atoms with van der Waals surface area (Å²) in [7, 11) is 0. The molecule has 0 atom stereocenters. The van der Waals surface area contributed by atoms with Gasteiger partial charge in [0.2, 0.25) is 0 Å². The lowest BCUT2D eigenvalue weighted by molar-refractivity contribution is 1.08. The first kappa shape index (κ1) is 11.9. The van der Waals surface area contributed by atoms with Crippen molar-refractivity contribution in [1.29, 1.82) is 5.26 Å². The number of pyridine rings is 1. The quantitative estimate of drug-likeness (QED) is 0.805. The fraction of sp³-hybridized carbons (Fsp3) is 0.143. The standard InChI is InChI=1S/C14H14N4/c1-10-4-5-17-8-12(10)9-18-14-6-11(7-15)2-3-13(14)16/h2-6,8,18H,9,16H2,1H3. The molecule has 1 aromatic carbocycles. The summed E-state index contributed by atoms with van der Waals surface area (Å²) in [5, 5.41) is 12.1. The van der Waals surface area contributed by atoms with Crippen LogP contribution in [0.4, 0.5) is 11.4 Å². The molecular weight excluding hydrogens is 224 g/mol. The van der Waals surface area contributed by atoms with E-state index in [0.717, 1.165) is 11.3 Å². The lowest BCUT2D eigenvalue weighted by atomic mass is 10.1. The first-order valence-electron chi connectivity index (χ1n) is 5.63. The number of hydrogen-bond donors (Lipinski definition) is 2. The summed E-state index contributed by atoms with van der Waals surface area (Å²) in [4.78, 5) is 4.09. The van der Waals surface area contributed by atoms with Crippen molar-refractivity contribution < 1.29 is 0 Å². The van der Waals surface area contributed by atoms with E-state index >= 15 is 0 Å². The molecule has 0 radical (unpaired) electrons. The monoisotopic (exact) mass is 238 g/mol. The van der Waals surface area contributed by atoms with Crippen LogP contribution in [0.1, 0.15) is 16.7 Å². The topological polar surface area (TPSA) is 74.7 Å². The molecule has 0 aliphatic carbocycles. The van der Waals surface area contributed by atoms with E-state index < -0.39 is 0 Å². The Bertz CT molecular complexity index is 599. The Morgan fingerprint density at radius 2 is 2.22 bits per heavy atom. The van der Waals surface area contributed by atoms with Gasteiger partial charge in [0.15, 0.2) is 0 Å². The number of rotatable bonds is 3. The van der Waals surface area contributed by atoms with E-state index in [0.29, 0.717) is 17.8 Å². The van der Waals surface area contributed by atoms with E-state index in [2.05, 4.69) is 16.4 Å². The first-order valence-corrected chi connectivity index (χ1v) is 5.63. The number of nitrogens with zero attached hydrogens (tertiary/aromatic N) is 2. The van der Waals surface area contributed by atoms with Gasteiger partial charge in [0.25, 0.3) is 0 Å². The minimum atomic E-state index is 0.592. The Morgan fingerprint density at radius 1 is 1.39 bits per heavy atom. The van der Waals surface area contributed by atoms with Gasteiger partial charge in [-0.15, -0.1) is 0 Å². The number of nitriles is 1. The summed E-state index contributed by atoms with van der Waals surface area (Å²) in [5.41, 5.74) is 10.1. The molecule has 3 N–H and O–H groups in total. The summed E-state index contributed by atoms with van der Waals surface area (Å²) >= 11 is 0. The summed E-state index contributed by atoms with van der Waals surface area (Å²) in [6, 6.07) is 9.25. The highest BCUT2D eigenvalue weighted by atomic mass is 14.9. The second-order valence-corrected chi connectivity index (χ2v) is 4.07. The van der Waals surface area contributed by atoms with E-state index in [1.54, 1.807) is 24.4 Å². The van der Waals surface area contributed by atoms with Gasteiger partial charge >= 0.3 is 0 Å². The maximum atomic E-state index is 8.85. The Morgan fingerprint density at radius 3 is 2.94 bits per heavy atom. The molecule has 0 unspecified atom stereocenters. The van der Waals surface area contributed by atoms with Gasteiger partial charge in [-0.25, -0.2) is 0 Å². The van der Waals surface area contributed by atoms with E-state index in [9.17, 15) is 0 Å². The number of anilines is 2. The lowest BCUT2D eigenvalue weighted by Gasteiger charge is -2.10. The van der Waals surface area contributed by atoms with Crippen molar-refractivity contribution in [2.45, 2.75) is 13.5 Å². The van der Waals surface area contributed by atoms with Crippen LogP contribution in [0.5, 0.6) is 0 Å². The zero-order valence-corrected chi connectivity index (χ0v) is 10.1. The highest BCUT2D eigenvalue weighted by molar-refractivity contribution is 5.68. The predicted molar refractivity (Wildman–Crippen MR) is 71.9 cm³/mol. The molecule has 18 heavy (non-hydrogen) atoms. The number of nitrogens with one attached hydrogen (secondary N) is 1. The van der Waals surface area contributed by atoms with Crippen molar-refractivity contribution in [2.24, 2.45) is 0 Å². The van der Waals surface area contributed by atoms with Crippen molar-refractivity contribution >= 4 is 11.4 Å². The van der Waals surface area contributed by atoms with Crippen LogP contribution in [-0.4, -0.2) is 4.98 Å². The van der Waals surface area contributed by atoms with Crippen LogP contribution < -0.4 is 11.1 Å². The molecule has 0 fully saturated rings. The maximum Gasteiger partial charge on any atom is 0.0992 e. The number of aryl methyl sites for hydroxylation is 1. The molecule has 2 rings (SSSR count). The molecule has 1 heterocycles. The highest BCUT2D eigenvalue weighted by Crippen LogP contribution is 2.20. The highest BCUT2D eigenvalue weighted by Gasteiger charge is 2.02. The number of hydrogen-bond acceptors (Lipinski definition) is 4. The number of nitrogen functional groups attached to an aromatic ring is 1. The van der Waals surface area contributed by atoms with Gasteiger partial charge in [0, 0.05) is 18.9 Å². The predicted octanol–water partition coefficient (Wildman–Crippen LogP) is 2.46. The SMILES string of the molecule is Cc1ccncc1CNc1cc(C#N)ccc1N. The summed E-state index contributed by atoms with van der Waals surface area (Å²) in [5.74, 6) is 0. The van der Waals surface area contributed by atoms with Crippen molar-refractivity contribution in [2.75, 3.05) is 11.1 Å². The molecule has 0 saturated carbocycles. The normalized spacial score (nSPS) is 9.78. The van der Waals surface area contributed by atoms with Gasteiger partial charge in [0.1, 0.15) is 0 Å². The van der Waals surface area contributed by atoms with Gasteiger partial charge in [-0.05, 0) is 42.3 Å². The molecule has 4 nitrogen and oxygen atoms in total. The van der Waals surface area contributed by atoms with E-state index in [1.165, 1.54) is 5.56 Å². The fourth-order valence-electron chi connectivity index (χ4n) is 1.65. The third-order valence-electron chi connectivity index (χ3n) is 2.80. The van der Waals surface area contributed by atoms with Crippen LogP contribution in [0.15, 0.2) is 36.7 Å². The van der Waals surface area contributed by atoms with E-state index in [-0.39, 0.29) is 0 Å². The van der Waals surface area contributed by atoms with Crippen molar-refractivity contribution in [1.82, 2.24) is 4.98 Å². The fourth-order valence-corrected chi connectivity index (χ4v) is 1.65. The largest absolute Gasteiger partial charge is 0.397 e. The van der Waals surface area contributed by atoms with Gasteiger partial charge in [-0.2, -0.15) is 5.26 Å². The van der Waals surface area contributed by atoms with Crippen molar-refractivity contribution in [3.05, 3.63) is 53.3 Å². The Kier molecular flexibility index (Phi) is 3.44. The van der Waals surface area contributed by atoms with Crippen LogP contribution in [0.2, 0.25) is 0 Å². The minimum absolute atomic E-state index is 0.592. The minimum Gasteiger partial charge on any atom is -0.397 e. The summed E-state index contributed by atoms with van der Waals surface area (Å²) < 4.78 is 0. The van der Waals surface area contributed by atoms with Gasteiger partial charge < -0.3 is 11.1 Å². The Hall–Kier alpha value is -2.54. The van der Waals surface area contributed by atoms with Crippen molar-refractivity contribution in [3.63, 3.8) is 0 Å². The summed E-state index contributed by atoms with van der Waals surface area (Å²) in [6.45, 7) is 2.67. The molecule has 90 valence electrons. The average Bonchev–Trinajstić information content (AvgIpc) is 2.39.